The van der Waals surface area contributed by atoms with E-state index in [1.807, 2.05) is 7.05 Å². The zero-order chi connectivity index (χ0) is 15.2. The molecule has 1 aromatic heterocycles. The van der Waals surface area contributed by atoms with Crippen LogP contribution in [0, 0.1) is 0 Å². The van der Waals surface area contributed by atoms with Gasteiger partial charge in [0.05, 0.1) is 12.7 Å². The number of hydrogen-bond donors (Lipinski definition) is 2. The second-order valence-corrected chi connectivity index (χ2v) is 5.66. The van der Waals surface area contributed by atoms with Crippen molar-refractivity contribution < 1.29 is 4.74 Å². The second-order valence-electron chi connectivity index (χ2n) is 5.66. The molecule has 0 bridgehead atoms. The summed E-state index contributed by atoms with van der Waals surface area (Å²) in [4.78, 5) is 11.1. The number of ether oxygens (including phenoxy) is 1. The van der Waals surface area contributed by atoms with Crippen LogP contribution in [-0.4, -0.2) is 60.8 Å². The van der Waals surface area contributed by atoms with E-state index in [1.165, 1.54) is 0 Å². The van der Waals surface area contributed by atoms with Gasteiger partial charge in [0, 0.05) is 32.2 Å². The Morgan fingerprint density at radius 3 is 2.81 bits per heavy atom. The van der Waals surface area contributed by atoms with Gasteiger partial charge in [-0.05, 0) is 12.5 Å². The van der Waals surface area contributed by atoms with Gasteiger partial charge in [0.2, 0.25) is 0 Å². The zero-order valence-corrected chi connectivity index (χ0v) is 13.5. The molecule has 1 atom stereocenters. The van der Waals surface area contributed by atoms with Gasteiger partial charge in [-0.3, -0.25) is 4.90 Å². The van der Waals surface area contributed by atoms with Gasteiger partial charge in [-0.25, -0.2) is 9.97 Å². The fourth-order valence-electron chi connectivity index (χ4n) is 2.68. The highest BCUT2D eigenvalue weighted by Crippen LogP contribution is 2.27. The summed E-state index contributed by atoms with van der Waals surface area (Å²) in [7, 11) is 1.89. The highest BCUT2D eigenvalue weighted by Gasteiger charge is 2.20. The van der Waals surface area contributed by atoms with Gasteiger partial charge >= 0.3 is 0 Å². The number of nitrogens with one attached hydrogen (secondary N) is 2. The van der Waals surface area contributed by atoms with Crippen LogP contribution in [0.2, 0.25) is 0 Å². The maximum absolute atomic E-state index is 5.83. The van der Waals surface area contributed by atoms with Crippen molar-refractivity contribution in [3.05, 3.63) is 11.9 Å². The first-order chi connectivity index (χ1) is 10.2. The van der Waals surface area contributed by atoms with E-state index in [2.05, 4.69) is 46.3 Å². The Hall–Kier alpha value is -1.40. The number of morpholine rings is 1. The molecule has 118 valence electrons. The minimum Gasteiger partial charge on any atom is -0.374 e. The van der Waals surface area contributed by atoms with E-state index in [9.17, 15) is 0 Å². The van der Waals surface area contributed by atoms with Crippen LogP contribution in [-0.2, 0) is 4.74 Å². The molecule has 1 aliphatic rings. The summed E-state index contributed by atoms with van der Waals surface area (Å²) in [6, 6.07) is 0. The first kappa shape index (κ1) is 16.0. The van der Waals surface area contributed by atoms with Gasteiger partial charge in [-0.15, -0.1) is 0 Å². The van der Waals surface area contributed by atoms with Crippen LogP contribution in [0.5, 0.6) is 0 Å². The number of likely N-dealkylation sites (N-methyl/N-ethyl adjacent to an activating group) is 1. The van der Waals surface area contributed by atoms with Crippen molar-refractivity contribution in [1.82, 2.24) is 14.9 Å². The molecule has 0 aliphatic carbocycles. The molecule has 0 aromatic carbocycles. The number of nitrogens with zero attached hydrogens (tertiary/aromatic N) is 3. The molecular formula is C15H27N5O. The molecule has 2 heterocycles. The molecule has 1 unspecified atom stereocenters. The smallest absolute Gasteiger partial charge is 0.135 e. The van der Waals surface area contributed by atoms with Crippen LogP contribution < -0.4 is 10.6 Å². The fraction of sp³-hybridized carbons (Fsp3) is 0.733. The van der Waals surface area contributed by atoms with Gasteiger partial charge in [0.25, 0.3) is 0 Å². The van der Waals surface area contributed by atoms with E-state index in [4.69, 9.17) is 4.74 Å². The molecule has 0 amide bonds. The summed E-state index contributed by atoms with van der Waals surface area (Å²) in [6.07, 6.45) is 1.81. The summed E-state index contributed by atoms with van der Waals surface area (Å²) in [5.41, 5.74) is 1.13. The van der Waals surface area contributed by atoms with E-state index in [-0.39, 0.29) is 6.10 Å². The molecule has 1 aliphatic heterocycles. The van der Waals surface area contributed by atoms with E-state index in [1.54, 1.807) is 6.33 Å². The predicted molar refractivity (Wildman–Crippen MR) is 86.0 cm³/mol. The predicted octanol–water partition coefficient (Wildman–Crippen LogP) is 1.77. The number of hydrogen-bond acceptors (Lipinski definition) is 6. The molecule has 6 heteroatoms. The standard InChI is InChI=1S/C15H27N5O/c1-5-20-6-7-21-12(9-20)8-17-15-13(11(2)3)14(16-4)18-10-19-15/h10-12H,5-9H2,1-4H3,(H2,16,17,18,19). The molecule has 1 fully saturated rings. The lowest BCUT2D eigenvalue weighted by atomic mass is 10.0. The molecular weight excluding hydrogens is 266 g/mol. The van der Waals surface area contributed by atoms with E-state index in [0.717, 1.165) is 50.0 Å². The Kier molecular flexibility index (Phi) is 5.76. The highest BCUT2D eigenvalue weighted by molar-refractivity contribution is 5.58. The Balaban J connectivity index is 2.02. The average molecular weight is 293 g/mol. The molecule has 0 saturated carbocycles. The van der Waals surface area contributed by atoms with E-state index >= 15 is 0 Å². The molecule has 21 heavy (non-hydrogen) atoms. The van der Waals surface area contributed by atoms with Gasteiger partial charge in [-0.2, -0.15) is 0 Å². The number of aromatic nitrogens is 2. The van der Waals surface area contributed by atoms with E-state index < -0.39 is 0 Å². The van der Waals surface area contributed by atoms with Crippen molar-refractivity contribution in [2.24, 2.45) is 0 Å². The third kappa shape index (κ3) is 4.04. The van der Waals surface area contributed by atoms with Gasteiger partial charge in [-0.1, -0.05) is 20.8 Å². The first-order valence-electron chi connectivity index (χ1n) is 7.76. The summed E-state index contributed by atoms with van der Waals surface area (Å²) >= 11 is 0. The fourth-order valence-corrected chi connectivity index (χ4v) is 2.68. The third-order valence-corrected chi connectivity index (χ3v) is 3.87. The summed E-state index contributed by atoms with van der Waals surface area (Å²) in [6.45, 7) is 11.2. The Morgan fingerprint density at radius 1 is 1.38 bits per heavy atom. The number of anilines is 2. The molecule has 1 aromatic rings. The quantitative estimate of drug-likeness (QED) is 0.833. The second kappa shape index (κ2) is 7.56. The Morgan fingerprint density at radius 2 is 2.14 bits per heavy atom. The van der Waals surface area contributed by atoms with E-state index in [0.29, 0.717) is 5.92 Å². The lowest BCUT2D eigenvalue weighted by molar-refractivity contribution is -0.0192. The monoisotopic (exact) mass is 293 g/mol. The van der Waals surface area contributed by atoms with Crippen molar-refractivity contribution in [2.75, 3.05) is 50.5 Å². The first-order valence-corrected chi connectivity index (χ1v) is 7.76. The van der Waals surface area contributed by atoms with Crippen molar-refractivity contribution in [2.45, 2.75) is 32.8 Å². The summed E-state index contributed by atoms with van der Waals surface area (Å²) < 4.78 is 5.83. The van der Waals surface area contributed by atoms with Crippen molar-refractivity contribution in [3.63, 3.8) is 0 Å². The SMILES string of the molecule is CCN1CCOC(CNc2ncnc(NC)c2C(C)C)C1. The maximum atomic E-state index is 5.83. The number of rotatable bonds is 6. The minimum absolute atomic E-state index is 0.215. The third-order valence-electron chi connectivity index (χ3n) is 3.87. The van der Waals surface area contributed by atoms with Gasteiger partial charge in [0.1, 0.15) is 18.0 Å². The molecule has 0 spiro atoms. The lowest BCUT2D eigenvalue weighted by Gasteiger charge is -2.32. The Labute approximate surface area is 127 Å². The van der Waals surface area contributed by atoms with Crippen molar-refractivity contribution >= 4 is 11.6 Å². The molecule has 0 radical (unpaired) electrons. The molecule has 1 saturated heterocycles. The lowest BCUT2D eigenvalue weighted by Crippen LogP contribution is -2.45. The zero-order valence-electron chi connectivity index (χ0n) is 13.5. The van der Waals surface area contributed by atoms with Crippen LogP contribution in [0.15, 0.2) is 6.33 Å². The van der Waals surface area contributed by atoms with Crippen molar-refractivity contribution in [3.8, 4) is 0 Å². The maximum Gasteiger partial charge on any atom is 0.135 e. The molecule has 2 rings (SSSR count). The minimum atomic E-state index is 0.215. The highest BCUT2D eigenvalue weighted by atomic mass is 16.5. The van der Waals surface area contributed by atoms with Crippen LogP contribution in [0.3, 0.4) is 0 Å². The Bertz CT molecular complexity index is 452. The van der Waals surface area contributed by atoms with Crippen molar-refractivity contribution in [1.29, 1.82) is 0 Å². The molecule has 2 N–H and O–H groups in total. The summed E-state index contributed by atoms with van der Waals surface area (Å²) in [5.74, 6) is 2.15. The van der Waals surface area contributed by atoms with Crippen LogP contribution in [0.4, 0.5) is 11.6 Å². The molecule has 6 nitrogen and oxygen atoms in total. The van der Waals surface area contributed by atoms with Gasteiger partial charge in [0.15, 0.2) is 0 Å². The average Bonchev–Trinajstić information content (AvgIpc) is 2.52. The largest absolute Gasteiger partial charge is 0.374 e. The topological polar surface area (TPSA) is 62.3 Å². The van der Waals surface area contributed by atoms with Crippen LogP contribution in [0.1, 0.15) is 32.3 Å². The van der Waals surface area contributed by atoms with Gasteiger partial charge < -0.3 is 15.4 Å². The normalized spacial score (nSPS) is 19.8. The van der Waals surface area contributed by atoms with Crippen LogP contribution >= 0.6 is 0 Å². The van der Waals surface area contributed by atoms with Crippen LogP contribution in [0.25, 0.3) is 0 Å². The summed E-state index contributed by atoms with van der Waals surface area (Å²) in [5, 5.41) is 6.58.